The van der Waals surface area contributed by atoms with Crippen molar-refractivity contribution in [1.29, 1.82) is 0 Å². The zero-order valence-corrected chi connectivity index (χ0v) is 15.3. The SMILES string of the molecule is C[NH+](Cc1ccc(C(C)(C)C)cc1)Cc1cccc2ccccc12. The summed E-state index contributed by atoms with van der Waals surface area (Å²) in [5.41, 5.74) is 4.45. The zero-order chi connectivity index (χ0) is 17.2. The molecule has 3 rings (SSSR count). The highest BCUT2D eigenvalue weighted by molar-refractivity contribution is 5.85. The van der Waals surface area contributed by atoms with E-state index in [1.165, 1.54) is 32.4 Å². The number of benzene rings is 3. The van der Waals surface area contributed by atoms with Crippen LogP contribution in [-0.4, -0.2) is 7.05 Å². The Balaban J connectivity index is 1.72. The molecule has 1 unspecified atom stereocenters. The van der Waals surface area contributed by atoms with Crippen molar-refractivity contribution in [3.05, 3.63) is 83.4 Å². The highest BCUT2D eigenvalue weighted by Gasteiger charge is 2.14. The number of nitrogens with one attached hydrogen (secondary N) is 1. The number of rotatable bonds is 4. The van der Waals surface area contributed by atoms with Crippen molar-refractivity contribution in [2.45, 2.75) is 39.3 Å². The second-order valence-corrected chi connectivity index (χ2v) is 7.90. The predicted molar refractivity (Wildman–Crippen MR) is 103 cm³/mol. The maximum atomic E-state index is 2.28. The molecule has 0 radical (unpaired) electrons. The molecule has 0 fully saturated rings. The lowest BCUT2D eigenvalue weighted by Crippen LogP contribution is -3.06. The molecule has 3 aromatic carbocycles. The molecule has 0 amide bonds. The molecule has 0 spiro atoms. The van der Waals surface area contributed by atoms with Gasteiger partial charge < -0.3 is 4.90 Å². The summed E-state index contributed by atoms with van der Waals surface area (Å²) in [6, 6.07) is 24.4. The molecule has 0 saturated carbocycles. The highest BCUT2D eigenvalue weighted by atomic mass is 15.1. The van der Waals surface area contributed by atoms with Crippen molar-refractivity contribution in [1.82, 2.24) is 0 Å². The van der Waals surface area contributed by atoms with Gasteiger partial charge in [-0.3, -0.25) is 0 Å². The summed E-state index contributed by atoms with van der Waals surface area (Å²) >= 11 is 0. The minimum absolute atomic E-state index is 0.222. The summed E-state index contributed by atoms with van der Waals surface area (Å²) in [5.74, 6) is 0. The van der Waals surface area contributed by atoms with Crippen LogP contribution in [0.25, 0.3) is 10.8 Å². The third-order valence-electron chi connectivity index (χ3n) is 4.70. The lowest BCUT2D eigenvalue weighted by molar-refractivity contribution is -0.907. The van der Waals surface area contributed by atoms with Crippen LogP contribution in [0.5, 0.6) is 0 Å². The molecule has 1 heteroatoms. The molecule has 0 saturated heterocycles. The van der Waals surface area contributed by atoms with E-state index in [1.54, 1.807) is 0 Å². The van der Waals surface area contributed by atoms with Gasteiger partial charge in [-0.05, 0) is 21.8 Å². The minimum Gasteiger partial charge on any atom is -0.330 e. The van der Waals surface area contributed by atoms with Crippen molar-refractivity contribution >= 4 is 10.8 Å². The number of fused-ring (bicyclic) bond motifs is 1. The molecule has 0 bridgehead atoms. The molecular formula is C23H28N+. The van der Waals surface area contributed by atoms with Gasteiger partial charge in [-0.1, -0.05) is 87.5 Å². The van der Waals surface area contributed by atoms with Crippen LogP contribution >= 0.6 is 0 Å². The van der Waals surface area contributed by atoms with Crippen LogP contribution in [0, 0.1) is 0 Å². The summed E-state index contributed by atoms with van der Waals surface area (Å²) < 4.78 is 0. The second kappa shape index (κ2) is 6.78. The fraction of sp³-hybridized carbons (Fsp3) is 0.304. The first-order chi connectivity index (χ1) is 11.4. The van der Waals surface area contributed by atoms with E-state index in [1.807, 2.05) is 0 Å². The summed E-state index contributed by atoms with van der Waals surface area (Å²) in [7, 11) is 2.28. The minimum atomic E-state index is 0.222. The van der Waals surface area contributed by atoms with E-state index in [4.69, 9.17) is 0 Å². The van der Waals surface area contributed by atoms with Crippen LogP contribution in [-0.2, 0) is 18.5 Å². The van der Waals surface area contributed by atoms with Crippen molar-refractivity contribution in [2.75, 3.05) is 7.05 Å². The highest BCUT2D eigenvalue weighted by Crippen LogP contribution is 2.22. The molecule has 0 heterocycles. The average Bonchev–Trinajstić information content (AvgIpc) is 2.55. The molecule has 1 nitrogen and oxygen atoms in total. The van der Waals surface area contributed by atoms with Crippen molar-refractivity contribution in [3.63, 3.8) is 0 Å². The van der Waals surface area contributed by atoms with E-state index in [9.17, 15) is 0 Å². The molecule has 124 valence electrons. The van der Waals surface area contributed by atoms with Crippen molar-refractivity contribution in [2.24, 2.45) is 0 Å². The fourth-order valence-corrected chi connectivity index (χ4v) is 3.31. The first-order valence-electron chi connectivity index (χ1n) is 8.81. The van der Waals surface area contributed by atoms with Gasteiger partial charge in [0.1, 0.15) is 13.1 Å². The maximum absolute atomic E-state index is 2.28. The fourth-order valence-electron chi connectivity index (χ4n) is 3.31. The first kappa shape index (κ1) is 16.7. The van der Waals surface area contributed by atoms with Gasteiger partial charge in [0.15, 0.2) is 0 Å². The Morgan fingerprint density at radius 3 is 2.12 bits per heavy atom. The summed E-state index contributed by atoms with van der Waals surface area (Å²) in [6.07, 6.45) is 0. The van der Waals surface area contributed by atoms with E-state index in [2.05, 4.69) is 94.5 Å². The predicted octanol–water partition coefficient (Wildman–Crippen LogP) is 4.35. The molecule has 1 N–H and O–H groups in total. The van der Waals surface area contributed by atoms with E-state index in [0.29, 0.717) is 0 Å². The maximum Gasteiger partial charge on any atom is 0.103 e. The lowest BCUT2D eigenvalue weighted by Gasteiger charge is -2.20. The Labute approximate surface area is 145 Å². The lowest BCUT2D eigenvalue weighted by atomic mass is 9.87. The van der Waals surface area contributed by atoms with Gasteiger partial charge in [-0.2, -0.15) is 0 Å². The largest absolute Gasteiger partial charge is 0.330 e. The molecule has 3 aromatic rings. The first-order valence-corrected chi connectivity index (χ1v) is 8.81. The normalized spacial score (nSPS) is 13.2. The van der Waals surface area contributed by atoms with E-state index >= 15 is 0 Å². The molecule has 0 aliphatic carbocycles. The molecule has 0 aliphatic rings. The average molecular weight is 318 g/mol. The van der Waals surface area contributed by atoms with Gasteiger partial charge in [0.05, 0.1) is 7.05 Å². The third kappa shape index (κ3) is 3.85. The number of hydrogen-bond donors (Lipinski definition) is 1. The summed E-state index contributed by atoms with van der Waals surface area (Å²) in [6.45, 7) is 8.88. The zero-order valence-electron chi connectivity index (χ0n) is 15.3. The van der Waals surface area contributed by atoms with Gasteiger partial charge in [-0.25, -0.2) is 0 Å². The van der Waals surface area contributed by atoms with Gasteiger partial charge in [0, 0.05) is 11.1 Å². The van der Waals surface area contributed by atoms with Crippen LogP contribution in [0.2, 0.25) is 0 Å². The Hall–Kier alpha value is -2.12. The Morgan fingerprint density at radius 1 is 0.750 bits per heavy atom. The Bertz CT molecular complexity index is 804. The Morgan fingerprint density at radius 2 is 1.42 bits per heavy atom. The molecule has 0 aliphatic heterocycles. The van der Waals surface area contributed by atoms with Crippen LogP contribution in [0.4, 0.5) is 0 Å². The molecule has 0 aromatic heterocycles. The quantitative estimate of drug-likeness (QED) is 0.729. The van der Waals surface area contributed by atoms with Gasteiger partial charge in [0.2, 0.25) is 0 Å². The van der Waals surface area contributed by atoms with Gasteiger partial charge in [-0.15, -0.1) is 0 Å². The van der Waals surface area contributed by atoms with Crippen molar-refractivity contribution < 1.29 is 4.90 Å². The number of hydrogen-bond acceptors (Lipinski definition) is 0. The standard InChI is InChI=1S/C23H27N/c1-23(2,3)21-14-12-18(13-15-21)16-24(4)17-20-10-7-9-19-8-5-6-11-22(19)20/h5-15H,16-17H2,1-4H3/p+1. The van der Waals surface area contributed by atoms with E-state index in [-0.39, 0.29) is 5.41 Å². The second-order valence-electron chi connectivity index (χ2n) is 7.90. The molecule has 1 atom stereocenters. The molecule has 24 heavy (non-hydrogen) atoms. The number of quaternary nitrogens is 1. The van der Waals surface area contributed by atoms with E-state index < -0.39 is 0 Å². The topological polar surface area (TPSA) is 4.44 Å². The Kier molecular flexibility index (Phi) is 4.73. The van der Waals surface area contributed by atoms with Gasteiger partial charge in [0.25, 0.3) is 0 Å². The van der Waals surface area contributed by atoms with Gasteiger partial charge >= 0.3 is 0 Å². The smallest absolute Gasteiger partial charge is 0.103 e. The van der Waals surface area contributed by atoms with E-state index in [0.717, 1.165) is 13.1 Å². The summed E-state index contributed by atoms with van der Waals surface area (Å²) in [5, 5.41) is 2.71. The van der Waals surface area contributed by atoms with Crippen LogP contribution in [0.15, 0.2) is 66.7 Å². The molecular weight excluding hydrogens is 290 g/mol. The van der Waals surface area contributed by atoms with Crippen LogP contribution in [0.1, 0.15) is 37.5 Å². The summed E-state index contributed by atoms with van der Waals surface area (Å²) in [4.78, 5) is 1.51. The van der Waals surface area contributed by atoms with Crippen LogP contribution < -0.4 is 4.90 Å². The van der Waals surface area contributed by atoms with Crippen molar-refractivity contribution in [3.8, 4) is 0 Å². The van der Waals surface area contributed by atoms with Crippen LogP contribution in [0.3, 0.4) is 0 Å². The monoisotopic (exact) mass is 318 g/mol. The third-order valence-corrected chi connectivity index (χ3v) is 4.70.